The number of carbonyl (C=O) groups excluding carboxylic acids is 1. The summed E-state index contributed by atoms with van der Waals surface area (Å²) in [4.78, 5) is 11.8. The van der Waals surface area contributed by atoms with Gasteiger partial charge >= 0.3 is 0 Å². The lowest BCUT2D eigenvalue weighted by Gasteiger charge is -2.34. The zero-order chi connectivity index (χ0) is 16.1. The maximum absolute atomic E-state index is 11.8. The second-order valence-electron chi connectivity index (χ2n) is 5.79. The number of carbonyl (C=O) groups is 1. The van der Waals surface area contributed by atoms with Crippen LogP contribution >= 0.6 is 0 Å². The van der Waals surface area contributed by atoms with Gasteiger partial charge in [0.05, 0.1) is 19.7 Å². The summed E-state index contributed by atoms with van der Waals surface area (Å²) < 4.78 is 5.41. The minimum Gasteiger partial charge on any atom is -0.496 e. The molecular weight excluding hydrogens is 288 g/mol. The summed E-state index contributed by atoms with van der Waals surface area (Å²) in [6, 6.07) is 18.5. The van der Waals surface area contributed by atoms with E-state index in [1.54, 1.807) is 7.11 Å². The average molecular weight is 310 g/mol. The normalized spacial score (nSPS) is 20.8. The Labute approximate surface area is 136 Å². The van der Waals surface area contributed by atoms with Crippen LogP contribution in [0.4, 0.5) is 0 Å². The van der Waals surface area contributed by atoms with Gasteiger partial charge in [0.1, 0.15) is 5.75 Å². The number of piperazine rings is 1. The molecule has 0 unspecified atom stereocenters. The summed E-state index contributed by atoms with van der Waals surface area (Å²) in [6.07, 6.45) is 1.72. The second kappa shape index (κ2) is 7.29. The van der Waals surface area contributed by atoms with Crippen molar-refractivity contribution in [2.45, 2.75) is 24.9 Å². The molecule has 2 atom stereocenters. The number of ether oxygens (including phenoxy) is 1. The van der Waals surface area contributed by atoms with Gasteiger partial charge in [-0.3, -0.25) is 10.1 Å². The number of aryl methyl sites for hydroxylation is 1. The fourth-order valence-corrected chi connectivity index (χ4v) is 3.16. The van der Waals surface area contributed by atoms with E-state index >= 15 is 0 Å². The van der Waals surface area contributed by atoms with Gasteiger partial charge in [-0.1, -0.05) is 48.5 Å². The van der Waals surface area contributed by atoms with E-state index in [0.717, 1.165) is 18.6 Å². The molecule has 2 N–H and O–H groups in total. The van der Waals surface area contributed by atoms with Crippen LogP contribution in [0.5, 0.6) is 5.75 Å². The largest absolute Gasteiger partial charge is 0.496 e. The average Bonchev–Trinajstić information content (AvgIpc) is 2.61. The number of hydrogen-bond acceptors (Lipinski definition) is 3. The van der Waals surface area contributed by atoms with Gasteiger partial charge in [0.25, 0.3) is 0 Å². The van der Waals surface area contributed by atoms with Crippen molar-refractivity contribution in [2.75, 3.05) is 13.7 Å². The molecule has 0 bridgehead atoms. The lowest BCUT2D eigenvalue weighted by molar-refractivity contribution is -0.123. The summed E-state index contributed by atoms with van der Waals surface area (Å²) >= 11 is 0. The van der Waals surface area contributed by atoms with Crippen LogP contribution in [0, 0.1) is 0 Å². The predicted octanol–water partition coefficient (Wildman–Crippen LogP) is 2.46. The quantitative estimate of drug-likeness (QED) is 0.892. The number of methoxy groups -OCH3 is 1. The standard InChI is InChI=1S/C19H22N2O2/c1-23-17-10-6-5-7-14(17)11-12-16-19(20-13-18(22)21-16)15-8-3-2-4-9-15/h2-10,16,19-20H,11-13H2,1H3,(H,21,22)/t16-,19+/m1/s1. The van der Waals surface area contributed by atoms with Gasteiger partial charge in [-0.25, -0.2) is 0 Å². The van der Waals surface area contributed by atoms with Crippen LogP contribution in [0.15, 0.2) is 54.6 Å². The van der Waals surface area contributed by atoms with Crippen molar-refractivity contribution < 1.29 is 9.53 Å². The molecule has 1 fully saturated rings. The smallest absolute Gasteiger partial charge is 0.234 e. The number of rotatable bonds is 5. The van der Waals surface area contributed by atoms with Crippen molar-refractivity contribution in [3.8, 4) is 5.75 Å². The molecule has 0 aromatic heterocycles. The third kappa shape index (κ3) is 3.71. The molecule has 4 nitrogen and oxygen atoms in total. The Balaban J connectivity index is 1.74. The number of amides is 1. The summed E-state index contributed by atoms with van der Waals surface area (Å²) in [5.41, 5.74) is 2.37. The van der Waals surface area contributed by atoms with Gasteiger partial charge in [-0.05, 0) is 30.0 Å². The molecule has 0 radical (unpaired) electrons. The number of benzene rings is 2. The molecule has 1 aliphatic rings. The van der Waals surface area contributed by atoms with Crippen LogP contribution in [0.25, 0.3) is 0 Å². The Bertz CT molecular complexity index is 657. The highest BCUT2D eigenvalue weighted by Crippen LogP contribution is 2.25. The SMILES string of the molecule is COc1ccccc1CC[C@H]1NC(=O)CN[C@H]1c1ccccc1. The van der Waals surface area contributed by atoms with Crippen LogP contribution in [0.2, 0.25) is 0 Å². The van der Waals surface area contributed by atoms with E-state index in [9.17, 15) is 4.79 Å². The predicted molar refractivity (Wildman–Crippen MR) is 90.4 cm³/mol. The lowest BCUT2D eigenvalue weighted by atomic mass is 9.92. The van der Waals surface area contributed by atoms with Crippen molar-refractivity contribution in [2.24, 2.45) is 0 Å². The minimum absolute atomic E-state index is 0.0576. The highest BCUT2D eigenvalue weighted by atomic mass is 16.5. The van der Waals surface area contributed by atoms with Crippen molar-refractivity contribution in [3.63, 3.8) is 0 Å². The van der Waals surface area contributed by atoms with Crippen molar-refractivity contribution in [1.82, 2.24) is 10.6 Å². The summed E-state index contributed by atoms with van der Waals surface area (Å²) in [7, 11) is 1.69. The molecule has 2 aromatic carbocycles. The molecule has 120 valence electrons. The third-order valence-electron chi connectivity index (χ3n) is 4.31. The van der Waals surface area contributed by atoms with Gasteiger partial charge in [0.2, 0.25) is 5.91 Å². The topological polar surface area (TPSA) is 50.4 Å². The summed E-state index contributed by atoms with van der Waals surface area (Å²) in [5.74, 6) is 0.959. The first kappa shape index (κ1) is 15.6. The van der Waals surface area contributed by atoms with Gasteiger partial charge in [-0.2, -0.15) is 0 Å². The van der Waals surface area contributed by atoms with E-state index in [-0.39, 0.29) is 18.0 Å². The molecule has 0 saturated carbocycles. The zero-order valence-corrected chi connectivity index (χ0v) is 13.3. The van der Waals surface area contributed by atoms with Crippen molar-refractivity contribution >= 4 is 5.91 Å². The summed E-state index contributed by atoms with van der Waals surface area (Å²) in [5, 5.41) is 6.49. The fraction of sp³-hybridized carbons (Fsp3) is 0.316. The number of para-hydroxylation sites is 1. The van der Waals surface area contributed by atoms with E-state index in [2.05, 4.69) is 28.8 Å². The van der Waals surface area contributed by atoms with Crippen LogP contribution in [0.3, 0.4) is 0 Å². The van der Waals surface area contributed by atoms with Crippen LogP contribution < -0.4 is 15.4 Å². The summed E-state index contributed by atoms with van der Waals surface area (Å²) in [6.45, 7) is 0.366. The van der Waals surface area contributed by atoms with Gasteiger partial charge in [0.15, 0.2) is 0 Å². The monoisotopic (exact) mass is 310 g/mol. The maximum Gasteiger partial charge on any atom is 0.234 e. The first-order valence-corrected chi connectivity index (χ1v) is 7.97. The zero-order valence-electron chi connectivity index (χ0n) is 13.3. The van der Waals surface area contributed by atoms with Gasteiger partial charge < -0.3 is 10.1 Å². The Morgan fingerprint density at radius 2 is 1.83 bits per heavy atom. The Kier molecular flexibility index (Phi) is 4.93. The first-order valence-electron chi connectivity index (χ1n) is 7.97. The van der Waals surface area contributed by atoms with Crippen LogP contribution in [0.1, 0.15) is 23.6 Å². The van der Waals surface area contributed by atoms with E-state index in [0.29, 0.717) is 6.54 Å². The molecule has 4 heteroatoms. The Hall–Kier alpha value is -2.33. The molecule has 1 saturated heterocycles. The highest BCUT2D eigenvalue weighted by molar-refractivity contribution is 5.79. The Morgan fingerprint density at radius 1 is 1.09 bits per heavy atom. The molecular formula is C19H22N2O2. The molecule has 0 spiro atoms. The fourth-order valence-electron chi connectivity index (χ4n) is 3.16. The highest BCUT2D eigenvalue weighted by Gasteiger charge is 2.29. The van der Waals surface area contributed by atoms with E-state index in [1.165, 1.54) is 11.1 Å². The number of hydrogen-bond donors (Lipinski definition) is 2. The molecule has 23 heavy (non-hydrogen) atoms. The first-order chi connectivity index (χ1) is 11.3. The van der Waals surface area contributed by atoms with Crippen molar-refractivity contribution in [3.05, 3.63) is 65.7 Å². The minimum atomic E-state index is 0.0576. The maximum atomic E-state index is 11.8. The van der Waals surface area contributed by atoms with E-state index in [4.69, 9.17) is 4.74 Å². The molecule has 3 rings (SSSR count). The third-order valence-corrected chi connectivity index (χ3v) is 4.31. The van der Waals surface area contributed by atoms with Gasteiger partial charge in [-0.15, -0.1) is 0 Å². The van der Waals surface area contributed by atoms with Crippen LogP contribution in [-0.2, 0) is 11.2 Å². The van der Waals surface area contributed by atoms with Crippen LogP contribution in [-0.4, -0.2) is 25.6 Å². The molecule has 1 heterocycles. The molecule has 2 aromatic rings. The van der Waals surface area contributed by atoms with E-state index in [1.807, 2.05) is 36.4 Å². The Morgan fingerprint density at radius 3 is 2.61 bits per heavy atom. The molecule has 1 aliphatic heterocycles. The van der Waals surface area contributed by atoms with E-state index < -0.39 is 0 Å². The lowest BCUT2D eigenvalue weighted by Crippen LogP contribution is -2.54. The molecule has 0 aliphatic carbocycles. The second-order valence-corrected chi connectivity index (χ2v) is 5.79. The van der Waals surface area contributed by atoms with Gasteiger partial charge in [0, 0.05) is 6.04 Å². The number of nitrogens with one attached hydrogen (secondary N) is 2. The van der Waals surface area contributed by atoms with Crippen molar-refractivity contribution in [1.29, 1.82) is 0 Å². The molecule has 1 amide bonds.